The predicted molar refractivity (Wildman–Crippen MR) is 93.2 cm³/mol. The van der Waals surface area contributed by atoms with Crippen molar-refractivity contribution in [2.75, 3.05) is 39.3 Å². The highest BCUT2D eigenvalue weighted by molar-refractivity contribution is 6.01. The van der Waals surface area contributed by atoms with Gasteiger partial charge in [-0.25, -0.2) is 4.79 Å². The minimum atomic E-state index is -0.331. The Morgan fingerprint density at radius 1 is 1.48 bits per heavy atom. The number of imide groups is 1. The van der Waals surface area contributed by atoms with Crippen molar-refractivity contribution < 1.29 is 9.59 Å². The molecule has 0 aliphatic carbocycles. The number of aliphatic imine (C=N–C) groups is 1. The Balaban J connectivity index is 1.59. The van der Waals surface area contributed by atoms with Crippen LogP contribution < -0.4 is 10.6 Å². The van der Waals surface area contributed by atoms with Gasteiger partial charge in [-0.05, 0) is 18.9 Å². The molecular weight excluding hydrogens is 322 g/mol. The highest BCUT2D eigenvalue weighted by atomic mass is 16.2. The van der Waals surface area contributed by atoms with E-state index in [9.17, 15) is 9.59 Å². The van der Waals surface area contributed by atoms with Gasteiger partial charge >= 0.3 is 6.03 Å². The Labute approximate surface area is 147 Å². The average Bonchev–Trinajstić information content (AvgIpc) is 3.30. The molecule has 136 valence electrons. The molecule has 1 aromatic heterocycles. The highest BCUT2D eigenvalue weighted by Crippen LogP contribution is 2.26. The van der Waals surface area contributed by atoms with E-state index in [1.807, 2.05) is 24.9 Å². The van der Waals surface area contributed by atoms with Crippen molar-refractivity contribution >= 4 is 17.9 Å². The lowest BCUT2D eigenvalue weighted by atomic mass is 10.0. The largest absolute Gasteiger partial charge is 0.357 e. The quantitative estimate of drug-likeness (QED) is 0.434. The first-order valence-electron chi connectivity index (χ1n) is 8.68. The van der Waals surface area contributed by atoms with Gasteiger partial charge in [0.1, 0.15) is 0 Å². The van der Waals surface area contributed by atoms with Crippen LogP contribution in [0, 0.1) is 0 Å². The van der Waals surface area contributed by atoms with Crippen LogP contribution in [0.15, 0.2) is 17.4 Å². The smallest absolute Gasteiger partial charge is 0.324 e. The summed E-state index contributed by atoms with van der Waals surface area (Å²) in [5.74, 6) is 1.09. The molecule has 0 saturated carbocycles. The van der Waals surface area contributed by atoms with Crippen LogP contribution in [0.3, 0.4) is 0 Å². The lowest BCUT2D eigenvalue weighted by Crippen LogP contribution is -2.41. The van der Waals surface area contributed by atoms with Crippen molar-refractivity contribution in [2.45, 2.75) is 19.3 Å². The molecule has 0 radical (unpaired) electrons. The van der Waals surface area contributed by atoms with Crippen molar-refractivity contribution in [3.8, 4) is 0 Å². The average molecular weight is 347 g/mol. The molecule has 0 bridgehead atoms. The van der Waals surface area contributed by atoms with Gasteiger partial charge in [0.05, 0.1) is 25.8 Å². The van der Waals surface area contributed by atoms with Gasteiger partial charge in [0, 0.05) is 38.8 Å². The van der Waals surface area contributed by atoms with E-state index in [-0.39, 0.29) is 18.5 Å². The zero-order valence-electron chi connectivity index (χ0n) is 14.7. The molecule has 1 atom stereocenters. The molecule has 2 saturated heterocycles. The number of carbonyl (C=O) groups is 2. The number of urea groups is 1. The number of amides is 3. The van der Waals surface area contributed by atoms with Gasteiger partial charge in [-0.15, -0.1) is 0 Å². The van der Waals surface area contributed by atoms with E-state index in [2.05, 4.69) is 31.8 Å². The minimum Gasteiger partial charge on any atom is -0.357 e. The number of nitrogens with zero attached hydrogens (tertiary/aromatic N) is 5. The van der Waals surface area contributed by atoms with Crippen LogP contribution in [0.25, 0.3) is 0 Å². The van der Waals surface area contributed by atoms with Gasteiger partial charge in [0.25, 0.3) is 0 Å². The molecular formula is C16H25N7O2. The van der Waals surface area contributed by atoms with E-state index in [4.69, 9.17) is 0 Å². The lowest BCUT2D eigenvalue weighted by molar-refractivity contribution is -0.124. The zero-order chi connectivity index (χ0) is 17.8. The van der Waals surface area contributed by atoms with Crippen LogP contribution in [0.5, 0.6) is 0 Å². The summed E-state index contributed by atoms with van der Waals surface area (Å²) in [5, 5.41) is 10.1. The molecule has 2 aliphatic heterocycles. The molecule has 0 aromatic carbocycles. The second-order valence-electron chi connectivity index (χ2n) is 6.32. The Morgan fingerprint density at radius 3 is 2.96 bits per heavy atom. The van der Waals surface area contributed by atoms with Crippen molar-refractivity contribution in [3.63, 3.8) is 0 Å². The first kappa shape index (κ1) is 17.2. The fourth-order valence-electron chi connectivity index (χ4n) is 3.24. The first-order chi connectivity index (χ1) is 12.1. The summed E-state index contributed by atoms with van der Waals surface area (Å²) in [7, 11) is 1.93. The topological polar surface area (TPSA) is 94.9 Å². The second kappa shape index (κ2) is 7.54. The van der Waals surface area contributed by atoms with E-state index < -0.39 is 0 Å². The standard InChI is InChI=1S/C16H25N7O2/c1-3-17-15(18-5-7-23-14(24)9-19-16(23)25)22-6-4-12(11-22)13-8-20-21(2)10-13/h8,10,12H,3-7,9,11H2,1-2H3,(H,17,18)(H,19,25). The monoisotopic (exact) mass is 347 g/mol. The maximum absolute atomic E-state index is 11.6. The number of aromatic nitrogens is 2. The molecule has 25 heavy (non-hydrogen) atoms. The van der Waals surface area contributed by atoms with Crippen molar-refractivity contribution in [3.05, 3.63) is 18.0 Å². The highest BCUT2D eigenvalue weighted by Gasteiger charge is 2.29. The Hall–Kier alpha value is -2.58. The summed E-state index contributed by atoms with van der Waals surface area (Å²) >= 11 is 0. The Kier molecular flexibility index (Phi) is 5.20. The number of nitrogens with one attached hydrogen (secondary N) is 2. The van der Waals surface area contributed by atoms with E-state index in [0.29, 0.717) is 19.0 Å². The molecule has 9 heteroatoms. The number of hydrogen-bond donors (Lipinski definition) is 2. The fourth-order valence-corrected chi connectivity index (χ4v) is 3.24. The number of guanidine groups is 1. The molecule has 9 nitrogen and oxygen atoms in total. The van der Waals surface area contributed by atoms with E-state index >= 15 is 0 Å². The van der Waals surface area contributed by atoms with Crippen LogP contribution >= 0.6 is 0 Å². The molecule has 2 fully saturated rings. The molecule has 3 amide bonds. The van der Waals surface area contributed by atoms with Gasteiger partial charge in [-0.1, -0.05) is 0 Å². The maximum Gasteiger partial charge on any atom is 0.324 e. The van der Waals surface area contributed by atoms with Crippen LogP contribution in [0.2, 0.25) is 0 Å². The summed E-state index contributed by atoms with van der Waals surface area (Å²) in [6.07, 6.45) is 5.05. The van der Waals surface area contributed by atoms with E-state index in [1.54, 1.807) is 0 Å². The molecule has 3 heterocycles. The second-order valence-corrected chi connectivity index (χ2v) is 6.32. The third-order valence-corrected chi connectivity index (χ3v) is 4.54. The van der Waals surface area contributed by atoms with Crippen LogP contribution in [0.1, 0.15) is 24.8 Å². The third-order valence-electron chi connectivity index (χ3n) is 4.54. The summed E-state index contributed by atoms with van der Waals surface area (Å²) in [4.78, 5) is 31.2. The summed E-state index contributed by atoms with van der Waals surface area (Å²) < 4.78 is 1.83. The predicted octanol–water partition coefficient (Wildman–Crippen LogP) is -0.273. The fraction of sp³-hybridized carbons (Fsp3) is 0.625. The van der Waals surface area contributed by atoms with Gasteiger partial charge in [0.15, 0.2) is 5.96 Å². The van der Waals surface area contributed by atoms with Crippen LogP contribution in [0.4, 0.5) is 4.79 Å². The van der Waals surface area contributed by atoms with Gasteiger partial charge in [-0.3, -0.25) is 19.4 Å². The van der Waals surface area contributed by atoms with E-state index in [0.717, 1.165) is 32.0 Å². The summed E-state index contributed by atoms with van der Waals surface area (Å²) in [6, 6.07) is -0.331. The Bertz CT molecular complexity index is 653. The zero-order valence-corrected chi connectivity index (χ0v) is 14.7. The van der Waals surface area contributed by atoms with Gasteiger partial charge in [-0.2, -0.15) is 5.10 Å². The van der Waals surface area contributed by atoms with Gasteiger partial charge in [0.2, 0.25) is 5.91 Å². The van der Waals surface area contributed by atoms with Crippen molar-refractivity contribution in [1.82, 2.24) is 30.2 Å². The Morgan fingerprint density at radius 2 is 2.32 bits per heavy atom. The SMILES string of the molecule is CCNC(=NCCN1C(=O)CNC1=O)N1CCC(c2cnn(C)c2)C1. The number of carbonyl (C=O) groups excluding carboxylic acids is 2. The number of rotatable bonds is 5. The van der Waals surface area contributed by atoms with Gasteiger partial charge < -0.3 is 15.5 Å². The molecule has 1 aromatic rings. The molecule has 2 aliphatic rings. The number of likely N-dealkylation sites (tertiary alicyclic amines) is 1. The molecule has 0 spiro atoms. The summed E-state index contributed by atoms with van der Waals surface area (Å²) in [5.41, 5.74) is 1.25. The molecule has 3 rings (SSSR count). The lowest BCUT2D eigenvalue weighted by Gasteiger charge is -2.22. The van der Waals surface area contributed by atoms with Crippen molar-refractivity contribution in [2.24, 2.45) is 12.0 Å². The third kappa shape index (κ3) is 3.92. The molecule has 1 unspecified atom stereocenters. The van der Waals surface area contributed by atoms with Crippen LogP contribution in [-0.2, 0) is 11.8 Å². The molecule has 2 N–H and O–H groups in total. The minimum absolute atomic E-state index is 0.0849. The maximum atomic E-state index is 11.6. The van der Waals surface area contributed by atoms with Crippen molar-refractivity contribution in [1.29, 1.82) is 0 Å². The van der Waals surface area contributed by atoms with E-state index in [1.165, 1.54) is 10.5 Å². The van der Waals surface area contributed by atoms with Crippen LogP contribution in [-0.4, -0.2) is 76.7 Å². The normalized spacial score (nSPS) is 21.2. The number of aryl methyl sites for hydroxylation is 1. The summed E-state index contributed by atoms with van der Waals surface area (Å²) in [6.45, 7) is 5.41. The first-order valence-corrected chi connectivity index (χ1v) is 8.68. The number of hydrogen-bond acceptors (Lipinski definition) is 4.